The predicted octanol–water partition coefficient (Wildman–Crippen LogP) is -4.65. The molecule has 12 nitrogen and oxygen atoms in total. The molecular formula is C3H12O12Si6. The highest BCUT2D eigenvalue weighted by atomic mass is 28.6. The summed E-state index contributed by atoms with van der Waals surface area (Å²) in [7, 11) is -25.5. The van der Waals surface area contributed by atoms with Gasteiger partial charge in [0, 0.05) is 0 Å². The molecule has 21 heavy (non-hydrogen) atoms. The van der Waals surface area contributed by atoms with Crippen LogP contribution in [0, 0.1) is 0 Å². The Bertz CT molecular complexity index is 386. The fourth-order valence-corrected chi connectivity index (χ4v) is 36.1. The van der Waals surface area contributed by atoms with Gasteiger partial charge in [-0.2, -0.15) is 0 Å². The Morgan fingerprint density at radius 3 is 0.667 bits per heavy atom. The molecule has 5 saturated heterocycles. The van der Waals surface area contributed by atoms with Gasteiger partial charge in [-0.3, -0.25) is 0 Å². The molecule has 0 aromatic rings. The highest BCUT2D eigenvalue weighted by Crippen LogP contribution is 2.47. The number of hydrogen-bond donors (Lipinski definition) is 6. The van der Waals surface area contributed by atoms with Crippen LogP contribution in [0.25, 0.3) is 0 Å². The zero-order chi connectivity index (χ0) is 15.4. The molecule has 0 aromatic heterocycles. The summed E-state index contributed by atoms with van der Waals surface area (Å²) in [6.45, 7) is 0. The summed E-state index contributed by atoms with van der Waals surface area (Å²) >= 11 is 0. The zero-order valence-electron chi connectivity index (χ0n) is 10.3. The van der Waals surface area contributed by atoms with E-state index in [1.54, 1.807) is 0 Å². The molecule has 0 radical (unpaired) electrons. The van der Waals surface area contributed by atoms with Crippen molar-refractivity contribution in [1.82, 2.24) is 0 Å². The molecule has 18 heteroatoms. The molecule has 0 atom stereocenters. The minimum Gasteiger partial charge on any atom is -0.391 e. The van der Waals surface area contributed by atoms with Crippen molar-refractivity contribution in [1.29, 1.82) is 0 Å². The smallest absolute Gasteiger partial charge is 0.391 e. The molecule has 6 bridgehead atoms. The molecule has 5 rings (SSSR count). The molecule has 5 aliphatic heterocycles. The first-order valence-electron chi connectivity index (χ1n) is 5.91. The van der Waals surface area contributed by atoms with Crippen LogP contribution in [-0.4, -0.2) is 81.6 Å². The lowest BCUT2D eigenvalue weighted by atomic mass is 11.9. The van der Waals surface area contributed by atoms with E-state index in [0.717, 1.165) is 0 Å². The summed E-state index contributed by atoms with van der Waals surface area (Å²) < 4.78 is 30.8. The largest absolute Gasteiger partial charge is 0.487 e. The van der Waals surface area contributed by atoms with E-state index in [1.807, 2.05) is 0 Å². The van der Waals surface area contributed by atoms with Gasteiger partial charge < -0.3 is 53.5 Å². The lowest BCUT2D eigenvalue weighted by molar-refractivity contribution is 0.0244. The normalized spacial score (nSPS) is 66.0. The lowest BCUT2D eigenvalue weighted by Gasteiger charge is -2.56. The standard InChI is InChI=1S/C3H12O12Si6/c4-16-1-17(5)11-20(8,10-16)3-21(9)12-18(6,14-16)2-19(7,13-21)15-17/h4-9H,1-3H2. The summed E-state index contributed by atoms with van der Waals surface area (Å²) in [5, 5.41) is 0. The van der Waals surface area contributed by atoms with Gasteiger partial charge in [-0.25, -0.2) is 0 Å². The van der Waals surface area contributed by atoms with Crippen molar-refractivity contribution >= 4 is 52.8 Å². The van der Waals surface area contributed by atoms with Crippen molar-refractivity contribution in [3.05, 3.63) is 0 Å². The van der Waals surface area contributed by atoms with Crippen molar-refractivity contribution in [2.75, 3.05) is 0 Å². The first kappa shape index (κ1) is 15.4. The zero-order valence-corrected chi connectivity index (χ0v) is 16.3. The maximum absolute atomic E-state index is 10.4. The monoisotopic (exact) mass is 408 g/mol. The van der Waals surface area contributed by atoms with Crippen LogP contribution in [0.1, 0.15) is 0 Å². The Hall–Kier alpha value is 0.821. The van der Waals surface area contributed by atoms with Crippen molar-refractivity contribution in [2.45, 2.75) is 17.0 Å². The third-order valence-electron chi connectivity index (χ3n) is 3.25. The van der Waals surface area contributed by atoms with E-state index in [-0.39, 0.29) is 0 Å². The maximum atomic E-state index is 10.4. The molecule has 0 unspecified atom stereocenters. The van der Waals surface area contributed by atoms with Crippen LogP contribution in [0.2, 0.25) is 17.0 Å². The molecular weight excluding hydrogens is 397 g/mol. The van der Waals surface area contributed by atoms with Gasteiger partial charge in [0.15, 0.2) is 0 Å². The lowest BCUT2D eigenvalue weighted by Crippen LogP contribution is -2.85. The van der Waals surface area contributed by atoms with Crippen LogP contribution in [0.4, 0.5) is 0 Å². The van der Waals surface area contributed by atoms with Crippen LogP contribution >= 0.6 is 0 Å². The summed E-state index contributed by atoms with van der Waals surface area (Å²) in [5.41, 5.74) is -1.87. The maximum Gasteiger partial charge on any atom is 0.487 e. The molecule has 0 saturated carbocycles. The van der Waals surface area contributed by atoms with Crippen LogP contribution in [0.3, 0.4) is 0 Å². The van der Waals surface area contributed by atoms with Gasteiger partial charge in [0.25, 0.3) is 0 Å². The second-order valence-corrected chi connectivity index (χ2v) is 23.1. The van der Waals surface area contributed by atoms with Crippen molar-refractivity contribution in [2.24, 2.45) is 0 Å². The molecule has 5 heterocycles. The molecule has 0 aromatic carbocycles. The summed E-state index contributed by atoms with van der Waals surface area (Å²) in [6.07, 6.45) is 0. The SMILES string of the molecule is O[Si]12C[Si]3(O)O[Si]4(O)C[Si](O)(O3)O[Si](O)(C[Si](O)(O1)O4)O2. The van der Waals surface area contributed by atoms with E-state index in [0.29, 0.717) is 0 Å². The molecule has 120 valence electrons. The van der Waals surface area contributed by atoms with Crippen LogP contribution < -0.4 is 0 Å². The van der Waals surface area contributed by atoms with Crippen molar-refractivity contribution in [3.63, 3.8) is 0 Å². The Labute approximate surface area is 123 Å². The molecule has 0 amide bonds. The minimum absolute atomic E-state index is 0.605. The van der Waals surface area contributed by atoms with Gasteiger partial charge in [-0.05, 0) is 0 Å². The summed E-state index contributed by atoms with van der Waals surface area (Å²) in [6, 6.07) is 0. The molecule has 5 fully saturated rings. The van der Waals surface area contributed by atoms with Crippen LogP contribution in [0.5, 0.6) is 0 Å². The Balaban J connectivity index is 1.91. The average Bonchev–Trinajstić information content (AvgIpc) is 2.00. The topological polar surface area (TPSA) is 177 Å². The minimum atomic E-state index is -4.30. The number of hydrogen-bond acceptors (Lipinski definition) is 12. The molecule has 6 N–H and O–H groups in total. The second-order valence-electron chi connectivity index (χ2n) is 5.42. The first-order chi connectivity index (χ1) is 9.36. The van der Waals surface area contributed by atoms with E-state index >= 15 is 0 Å². The fourth-order valence-electron chi connectivity index (χ4n) is 2.90. The van der Waals surface area contributed by atoms with Gasteiger partial charge in [0.05, 0.1) is 17.0 Å². The van der Waals surface area contributed by atoms with Gasteiger partial charge >= 0.3 is 52.8 Å². The molecule has 5 aliphatic rings. The van der Waals surface area contributed by atoms with Crippen molar-refractivity contribution in [3.8, 4) is 0 Å². The molecule has 0 spiro atoms. The highest BCUT2D eigenvalue weighted by molar-refractivity contribution is 7.06. The van der Waals surface area contributed by atoms with Gasteiger partial charge in [0.1, 0.15) is 0 Å². The molecule has 0 aliphatic carbocycles. The summed E-state index contributed by atoms with van der Waals surface area (Å²) in [5.74, 6) is 0. The predicted molar refractivity (Wildman–Crippen MR) is 68.8 cm³/mol. The second kappa shape index (κ2) is 3.90. The third-order valence-corrected chi connectivity index (χ3v) is 29.3. The van der Waals surface area contributed by atoms with E-state index in [9.17, 15) is 28.8 Å². The first-order valence-corrected chi connectivity index (χ1v) is 17.7. The number of rotatable bonds is 0. The Morgan fingerprint density at radius 1 is 0.381 bits per heavy atom. The van der Waals surface area contributed by atoms with Crippen LogP contribution in [0.15, 0.2) is 0 Å². The quantitative estimate of drug-likeness (QED) is 0.212. The Kier molecular flexibility index (Phi) is 2.85. The van der Waals surface area contributed by atoms with Gasteiger partial charge in [-0.1, -0.05) is 0 Å². The van der Waals surface area contributed by atoms with E-state index < -0.39 is 69.8 Å². The summed E-state index contributed by atoms with van der Waals surface area (Å²) in [4.78, 5) is 62.2. The van der Waals surface area contributed by atoms with Gasteiger partial charge in [0.2, 0.25) is 0 Å². The highest BCUT2D eigenvalue weighted by Gasteiger charge is 2.81. The van der Waals surface area contributed by atoms with E-state index in [4.69, 9.17) is 24.7 Å². The van der Waals surface area contributed by atoms with E-state index in [2.05, 4.69) is 0 Å². The average molecular weight is 409 g/mol. The fraction of sp³-hybridized carbons (Fsp3) is 1.00. The Morgan fingerprint density at radius 2 is 0.524 bits per heavy atom. The third kappa shape index (κ3) is 2.45. The van der Waals surface area contributed by atoms with E-state index in [1.165, 1.54) is 0 Å². The van der Waals surface area contributed by atoms with Gasteiger partial charge in [-0.15, -0.1) is 0 Å². The van der Waals surface area contributed by atoms with Crippen LogP contribution in [-0.2, 0) is 24.7 Å². The van der Waals surface area contributed by atoms with Crippen molar-refractivity contribution < 1.29 is 53.5 Å².